The van der Waals surface area contributed by atoms with Gasteiger partial charge in [0.2, 0.25) is 5.69 Å². The molecule has 13 heteroatoms. The molecule has 0 aliphatic carbocycles. The Kier molecular flexibility index (Phi) is 6.18. The number of nitro groups is 3. The Bertz CT molecular complexity index is 1090. The number of rotatable bonds is 7. The van der Waals surface area contributed by atoms with Gasteiger partial charge in [-0.2, -0.15) is 0 Å². The summed E-state index contributed by atoms with van der Waals surface area (Å²) < 4.78 is 0. The van der Waals surface area contributed by atoms with Crippen LogP contribution < -0.4 is 10.4 Å². The van der Waals surface area contributed by atoms with Crippen molar-refractivity contribution in [1.82, 2.24) is 0 Å². The minimum absolute atomic E-state index is 0.423. The Morgan fingerprint density at radius 2 is 1.06 bits per heavy atom. The van der Waals surface area contributed by atoms with E-state index < -0.39 is 37.5 Å². The van der Waals surface area contributed by atoms with Gasteiger partial charge in [0, 0.05) is 10.0 Å². The van der Waals surface area contributed by atoms with E-state index in [2.05, 4.69) is 5.43 Å². The predicted molar refractivity (Wildman–Crippen MR) is 115 cm³/mol. The van der Waals surface area contributed by atoms with Crippen LogP contribution in [0.4, 0.5) is 34.1 Å². The largest absolute Gasteiger partial charge is 0.308 e. The Labute approximate surface area is 183 Å². The number of hydrogen-bond acceptors (Lipinski definition) is 8. The van der Waals surface area contributed by atoms with Crippen LogP contribution in [0.2, 0.25) is 10.0 Å². The Morgan fingerprint density at radius 1 is 0.677 bits per heavy atom. The van der Waals surface area contributed by atoms with Crippen LogP contribution in [-0.2, 0) is 0 Å². The molecule has 1 N–H and O–H groups in total. The van der Waals surface area contributed by atoms with E-state index in [4.69, 9.17) is 23.2 Å². The quantitative estimate of drug-likeness (QED) is 0.337. The van der Waals surface area contributed by atoms with Gasteiger partial charge >= 0.3 is 11.4 Å². The van der Waals surface area contributed by atoms with Crippen LogP contribution in [0, 0.1) is 30.3 Å². The van der Waals surface area contributed by atoms with Crippen molar-refractivity contribution in [3.63, 3.8) is 0 Å². The molecule has 0 saturated carbocycles. The number of nitrogens with one attached hydrogen (secondary N) is 1. The first kappa shape index (κ1) is 21.7. The molecule has 0 aliphatic heterocycles. The van der Waals surface area contributed by atoms with Gasteiger partial charge in [-0.05, 0) is 48.5 Å². The average molecular weight is 464 g/mol. The van der Waals surface area contributed by atoms with Crippen LogP contribution >= 0.6 is 23.2 Å². The lowest BCUT2D eigenvalue weighted by molar-refractivity contribution is -0.401. The van der Waals surface area contributed by atoms with E-state index in [1.54, 1.807) is 48.5 Å². The normalized spacial score (nSPS) is 10.4. The van der Waals surface area contributed by atoms with Gasteiger partial charge in [0.1, 0.15) is 0 Å². The molecule has 0 saturated heterocycles. The fraction of sp³-hybridized carbons (Fsp3) is 0. The van der Waals surface area contributed by atoms with Gasteiger partial charge < -0.3 is 0 Å². The molecule has 0 fully saturated rings. The van der Waals surface area contributed by atoms with Crippen LogP contribution in [0.1, 0.15) is 0 Å². The number of non-ortho nitro benzene ring substituents is 1. The van der Waals surface area contributed by atoms with E-state index in [1.165, 1.54) is 5.01 Å². The van der Waals surface area contributed by atoms with E-state index in [9.17, 15) is 30.3 Å². The second kappa shape index (κ2) is 8.81. The summed E-state index contributed by atoms with van der Waals surface area (Å²) in [6, 6.07) is 13.8. The highest BCUT2D eigenvalue weighted by atomic mass is 35.5. The fourth-order valence-electron chi connectivity index (χ4n) is 2.68. The summed E-state index contributed by atoms with van der Waals surface area (Å²) in [6.07, 6.45) is 0. The standard InChI is InChI=1S/C18H11Cl2N5O6/c19-11-1-5-13(6-2-11)22(14-7-3-12(20)4-8-14)21-18-16(24(28)29)9-15(23(26)27)10-17(18)25(30)31/h1-10,21H. The Hall–Kier alpha value is -3.96. The van der Waals surface area contributed by atoms with Gasteiger partial charge in [0.15, 0.2) is 0 Å². The third-order valence-electron chi connectivity index (χ3n) is 4.08. The number of nitro benzene ring substituents is 3. The maximum absolute atomic E-state index is 11.6. The summed E-state index contributed by atoms with van der Waals surface area (Å²) in [7, 11) is 0. The van der Waals surface area contributed by atoms with Gasteiger partial charge in [-0.1, -0.05) is 23.2 Å². The zero-order chi connectivity index (χ0) is 22.7. The number of nitrogens with zero attached hydrogens (tertiary/aromatic N) is 4. The molecule has 0 amide bonds. The SMILES string of the molecule is O=[N+]([O-])c1cc([N+](=O)[O-])c(NN(c2ccc(Cl)cc2)c2ccc(Cl)cc2)c([N+](=O)[O-])c1. The maximum Gasteiger partial charge on any atom is 0.308 e. The smallest absolute Gasteiger partial charge is 0.282 e. The summed E-state index contributed by atoms with van der Waals surface area (Å²) >= 11 is 11.9. The van der Waals surface area contributed by atoms with Crippen LogP contribution in [0.5, 0.6) is 0 Å². The van der Waals surface area contributed by atoms with Gasteiger partial charge in [0.25, 0.3) is 5.69 Å². The van der Waals surface area contributed by atoms with E-state index in [0.717, 1.165) is 0 Å². The molecule has 0 atom stereocenters. The molecule has 3 aromatic rings. The average Bonchev–Trinajstić information content (AvgIpc) is 2.72. The van der Waals surface area contributed by atoms with Gasteiger partial charge in [-0.15, -0.1) is 0 Å². The number of hydrogen-bond donors (Lipinski definition) is 1. The second-order valence-corrected chi connectivity index (χ2v) is 6.90. The highest BCUT2D eigenvalue weighted by molar-refractivity contribution is 6.31. The molecule has 31 heavy (non-hydrogen) atoms. The van der Waals surface area contributed by atoms with Crippen molar-refractivity contribution in [2.75, 3.05) is 10.4 Å². The highest BCUT2D eigenvalue weighted by Crippen LogP contribution is 2.40. The lowest BCUT2D eigenvalue weighted by Crippen LogP contribution is -2.25. The maximum atomic E-state index is 11.6. The van der Waals surface area contributed by atoms with E-state index in [0.29, 0.717) is 33.6 Å². The molecule has 0 radical (unpaired) electrons. The van der Waals surface area contributed by atoms with Crippen molar-refractivity contribution in [1.29, 1.82) is 0 Å². The third kappa shape index (κ3) is 4.79. The topological polar surface area (TPSA) is 145 Å². The number of benzene rings is 3. The molecular formula is C18H11Cl2N5O6. The lowest BCUT2D eigenvalue weighted by Gasteiger charge is -2.26. The van der Waals surface area contributed by atoms with Crippen molar-refractivity contribution in [2.24, 2.45) is 0 Å². The monoisotopic (exact) mass is 463 g/mol. The van der Waals surface area contributed by atoms with Crippen molar-refractivity contribution in [3.05, 3.63) is 101 Å². The first-order valence-electron chi connectivity index (χ1n) is 8.36. The minimum Gasteiger partial charge on any atom is -0.282 e. The number of halogens is 2. The highest BCUT2D eigenvalue weighted by Gasteiger charge is 2.32. The summed E-state index contributed by atoms with van der Waals surface area (Å²) in [5.74, 6) is 0. The zero-order valence-electron chi connectivity index (χ0n) is 15.3. The van der Waals surface area contributed by atoms with E-state index in [1.807, 2.05) is 0 Å². The Balaban J connectivity index is 2.21. The fourth-order valence-corrected chi connectivity index (χ4v) is 2.93. The number of anilines is 3. The van der Waals surface area contributed by atoms with Crippen LogP contribution in [-0.4, -0.2) is 14.8 Å². The molecule has 0 bridgehead atoms. The van der Waals surface area contributed by atoms with Gasteiger partial charge in [-0.25, -0.2) is 0 Å². The van der Waals surface area contributed by atoms with Crippen LogP contribution in [0.3, 0.4) is 0 Å². The van der Waals surface area contributed by atoms with Crippen molar-refractivity contribution in [2.45, 2.75) is 0 Å². The van der Waals surface area contributed by atoms with Gasteiger partial charge in [-0.3, -0.25) is 40.8 Å². The summed E-state index contributed by atoms with van der Waals surface area (Å²) in [5, 5.41) is 36.4. The molecule has 158 valence electrons. The molecule has 3 rings (SSSR count). The van der Waals surface area contributed by atoms with Crippen molar-refractivity contribution in [3.8, 4) is 0 Å². The molecule has 3 aromatic carbocycles. The Morgan fingerprint density at radius 3 is 1.39 bits per heavy atom. The molecule has 0 spiro atoms. The summed E-state index contributed by atoms with van der Waals surface area (Å²) in [6.45, 7) is 0. The molecule has 0 aromatic heterocycles. The zero-order valence-corrected chi connectivity index (χ0v) is 16.8. The predicted octanol–water partition coefficient (Wildman–Crippen LogP) is 5.88. The third-order valence-corrected chi connectivity index (χ3v) is 4.58. The second-order valence-electron chi connectivity index (χ2n) is 6.03. The summed E-state index contributed by atoms with van der Waals surface area (Å²) in [5.41, 5.74) is 0.509. The van der Waals surface area contributed by atoms with Crippen molar-refractivity contribution < 1.29 is 14.8 Å². The first-order valence-corrected chi connectivity index (χ1v) is 9.12. The van der Waals surface area contributed by atoms with Crippen molar-refractivity contribution >= 4 is 57.3 Å². The molecule has 11 nitrogen and oxygen atoms in total. The van der Waals surface area contributed by atoms with E-state index in [-0.39, 0.29) is 0 Å². The summed E-state index contributed by atoms with van der Waals surface area (Å²) in [4.78, 5) is 31.4. The van der Waals surface area contributed by atoms with Crippen LogP contribution in [0.25, 0.3) is 0 Å². The van der Waals surface area contributed by atoms with E-state index >= 15 is 0 Å². The molecule has 0 heterocycles. The lowest BCUT2D eigenvalue weighted by atomic mass is 10.2. The molecular weight excluding hydrogens is 453 g/mol. The molecule has 0 aliphatic rings. The van der Waals surface area contributed by atoms with Crippen LogP contribution in [0.15, 0.2) is 60.7 Å². The van der Waals surface area contributed by atoms with Gasteiger partial charge in [0.05, 0.1) is 38.3 Å². The molecule has 0 unspecified atom stereocenters. The first-order chi connectivity index (χ1) is 14.7. The number of hydrazine groups is 1. The minimum atomic E-state index is -0.945.